The molecule has 140 valence electrons. The van der Waals surface area contributed by atoms with Crippen LogP contribution in [0.4, 0.5) is 24.8 Å². The number of pyridine rings is 2. The van der Waals surface area contributed by atoms with E-state index < -0.39 is 11.7 Å². The molecule has 3 rings (SSSR count). The first-order valence-electron chi connectivity index (χ1n) is 8.16. The molecule has 0 saturated carbocycles. The highest BCUT2D eigenvalue weighted by Gasteiger charge is 2.30. The average Bonchev–Trinajstić information content (AvgIpc) is 3.08. The van der Waals surface area contributed by atoms with Gasteiger partial charge in [0.05, 0.1) is 24.0 Å². The second kappa shape index (κ2) is 7.56. The van der Waals surface area contributed by atoms with Crippen molar-refractivity contribution in [3.63, 3.8) is 0 Å². The fraction of sp³-hybridized carbons (Fsp3) is 0.222. The smallest absolute Gasteiger partial charge is 0.325 e. The molecule has 0 spiro atoms. The van der Waals surface area contributed by atoms with E-state index in [0.29, 0.717) is 23.8 Å². The molecular formula is C18H17F3N6. The summed E-state index contributed by atoms with van der Waals surface area (Å²) in [6, 6.07) is 5.41. The topological polar surface area (TPSA) is 68.5 Å². The minimum absolute atomic E-state index is 0.0608. The molecule has 6 nitrogen and oxygen atoms in total. The van der Waals surface area contributed by atoms with Gasteiger partial charge in [-0.2, -0.15) is 13.2 Å². The molecule has 0 unspecified atom stereocenters. The van der Waals surface area contributed by atoms with Crippen molar-refractivity contribution in [1.82, 2.24) is 25.0 Å². The molecule has 0 saturated heterocycles. The van der Waals surface area contributed by atoms with Gasteiger partial charge in [-0.25, -0.2) is 14.6 Å². The van der Waals surface area contributed by atoms with Crippen LogP contribution in [0.3, 0.4) is 0 Å². The van der Waals surface area contributed by atoms with E-state index in [-0.39, 0.29) is 5.82 Å². The van der Waals surface area contributed by atoms with Crippen molar-refractivity contribution in [3.8, 4) is 11.4 Å². The number of nitrogens with one attached hydrogen (secondary N) is 1. The zero-order valence-electron chi connectivity index (χ0n) is 14.7. The quantitative estimate of drug-likeness (QED) is 0.671. The van der Waals surface area contributed by atoms with E-state index in [0.717, 1.165) is 23.9 Å². The van der Waals surface area contributed by atoms with Crippen molar-refractivity contribution in [2.45, 2.75) is 26.6 Å². The van der Waals surface area contributed by atoms with Crippen LogP contribution < -0.4 is 5.32 Å². The van der Waals surface area contributed by atoms with Gasteiger partial charge in [-0.05, 0) is 43.7 Å². The number of allylic oxidation sites excluding steroid dienone is 2. The molecule has 0 aliphatic carbocycles. The van der Waals surface area contributed by atoms with Gasteiger partial charge in [-0.3, -0.25) is 0 Å². The van der Waals surface area contributed by atoms with Gasteiger partial charge in [-0.15, -0.1) is 5.10 Å². The number of alkyl halides is 3. The lowest BCUT2D eigenvalue weighted by atomic mass is 10.2. The molecule has 27 heavy (non-hydrogen) atoms. The van der Waals surface area contributed by atoms with Crippen LogP contribution in [0.5, 0.6) is 0 Å². The number of rotatable bonds is 5. The third-order valence-corrected chi connectivity index (χ3v) is 3.64. The van der Waals surface area contributed by atoms with Gasteiger partial charge in [0.25, 0.3) is 0 Å². The minimum Gasteiger partial charge on any atom is -0.325 e. The first kappa shape index (κ1) is 18.6. The average molecular weight is 374 g/mol. The number of nitrogens with zero attached hydrogens (tertiary/aromatic N) is 5. The van der Waals surface area contributed by atoms with Crippen LogP contribution in [0.1, 0.15) is 18.1 Å². The van der Waals surface area contributed by atoms with Crippen LogP contribution in [-0.4, -0.2) is 25.0 Å². The Labute approximate surface area is 153 Å². The van der Waals surface area contributed by atoms with Crippen molar-refractivity contribution in [2.75, 3.05) is 5.32 Å². The number of aromatic nitrogens is 5. The van der Waals surface area contributed by atoms with Crippen molar-refractivity contribution < 1.29 is 13.2 Å². The lowest BCUT2D eigenvalue weighted by Gasteiger charge is -2.10. The summed E-state index contributed by atoms with van der Waals surface area (Å²) in [4.78, 5) is 8.35. The van der Waals surface area contributed by atoms with Crippen molar-refractivity contribution in [3.05, 3.63) is 59.9 Å². The fourth-order valence-corrected chi connectivity index (χ4v) is 2.39. The van der Waals surface area contributed by atoms with Crippen molar-refractivity contribution in [1.29, 1.82) is 0 Å². The van der Waals surface area contributed by atoms with Gasteiger partial charge >= 0.3 is 6.18 Å². The molecule has 0 aromatic carbocycles. The number of aryl methyl sites for hydroxylation is 1. The van der Waals surface area contributed by atoms with E-state index in [9.17, 15) is 13.2 Å². The van der Waals surface area contributed by atoms with Crippen LogP contribution in [0, 0.1) is 6.92 Å². The first-order valence-corrected chi connectivity index (χ1v) is 8.16. The molecule has 0 amide bonds. The highest BCUT2D eigenvalue weighted by atomic mass is 19.4. The number of hydrogen-bond donors (Lipinski definition) is 1. The Morgan fingerprint density at radius 2 is 1.96 bits per heavy atom. The summed E-state index contributed by atoms with van der Waals surface area (Å²) in [5.41, 5.74) is 1.23. The summed E-state index contributed by atoms with van der Waals surface area (Å²) in [7, 11) is 0. The van der Waals surface area contributed by atoms with E-state index in [1.54, 1.807) is 16.9 Å². The monoisotopic (exact) mass is 374 g/mol. The van der Waals surface area contributed by atoms with Crippen LogP contribution in [0.15, 0.2) is 48.8 Å². The maximum atomic E-state index is 12.9. The minimum atomic E-state index is -4.43. The summed E-state index contributed by atoms with van der Waals surface area (Å²) in [6.07, 6.45) is 2.28. The Kier molecular flexibility index (Phi) is 5.20. The molecule has 9 heteroatoms. The maximum Gasteiger partial charge on any atom is 0.416 e. The number of halogens is 3. The van der Waals surface area contributed by atoms with Crippen molar-refractivity contribution >= 4 is 11.6 Å². The third kappa shape index (κ3) is 4.69. The summed E-state index contributed by atoms with van der Waals surface area (Å²) in [5, 5.41) is 10.9. The summed E-state index contributed by atoms with van der Waals surface area (Å²) in [5.74, 6) is 0.436. The fourth-order valence-electron chi connectivity index (χ4n) is 2.39. The Bertz CT molecular complexity index is 962. The van der Waals surface area contributed by atoms with Gasteiger partial charge in [0.15, 0.2) is 0 Å². The second-order valence-electron chi connectivity index (χ2n) is 5.86. The first-order chi connectivity index (χ1) is 12.8. The Balaban J connectivity index is 1.87. The van der Waals surface area contributed by atoms with E-state index in [2.05, 4.69) is 25.6 Å². The van der Waals surface area contributed by atoms with Gasteiger partial charge in [0.1, 0.15) is 17.3 Å². The molecule has 0 radical (unpaired) electrons. The van der Waals surface area contributed by atoms with Crippen LogP contribution in [-0.2, 0) is 12.7 Å². The van der Waals surface area contributed by atoms with E-state index in [1.165, 1.54) is 0 Å². The third-order valence-electron chi connectivity index (χ3n) is 3.64. The van der Waals surface area contributed by atoms with Gasteiger partial charge in [0.2, 0.25) is 0 Å². The predicted molar refractivity (Wildman–Crippen MR) is 95.3 cm³/mol. The van der Waals surface area contributed by atoms with Gasteiger partial charge in [-0.1, -0.05) is 17.4 Å². The molecule has 0 fully saturated rings. The Hall–Kier alpha value is -3.23. The molecule has 0 atom stereocenters. The summed E-state index contributed by atoms with van der Waals surface area (Å²) < 4.78 is 40.2. The predicted octanol–water partition coefficient (Wildman–Crippen LogP) is 4.38. The highest BCUT2D eigenvalue weighted by molar-refractivity contribution is 5.61. The Morgan fingerprint density at radius 1 is 1.15 bits per heavy atom. The van der Waals surface area contributed by atoms with Gasteiger partial charge in [0, 0.05) is 6.20 Å². The molecule has 3 aromatic rings. The summed E-state index contributed by atoms with van der Waals surface area (Å²) in [6.45, 7) is 4.37. The second-order valence-corrected chi connectivity index (χ2v) is 5.86. The van der Waals surface area contributed by atoms with Crippen LogP contribution >= 0.6 is 0 Å². The lowest BCUT2D eigenvalue weighted by Crippen LogP contribution is -2.06. The van der Waals surface area contributed by atoms with Gasteiger partial charge < -0.3 is 5.32 Å². The molecular weight excluding hydrogens is 357 g/mol. The standard InChI is InChI=1S/C18H17F3N6/c1-3-4-7-27-11-15(25-26-27)14-8-12(2)9-17(23-14)24-16-10-13(5-6-22-16)18(19,20)21/h3-6,8-11H,7H2,1-2H3,(H,22,23,24). The number of hydrogen-bond acceptors (Lipinski definition) is 5. The SMILES string of the molecule is CC=CCn1cc(-c2cc(C)cc(Nc3cc(C(F)(F)F)ccn3)n2)nn1. The highest BCUT2D eigenvalue weighted by Crippen LogP contribution is 2.30. The van der Waals surface area contributed by atoms with Crippen molar-refractivity contribution in [2.24, 2.45) is 0 Å². The van der Waals surface area contributed by atoms with Crippen LogP contribution in [0.2, 0.25) is 0 Å². The molecule has 1 N–H and O–H groups in total. The molecule has 0 bridgehead atoms. The van der Waals surface area contributed by atoms with E-state index >= 15 is 0 Å². The Morgan fingerprint density at radius 3 is 2.70 bits per heavy atom. The molecule has 0 aliphatic rings. The largest absolute Gasteiger partial charge is 0.416 e. The lowest BCUT2D eigenvalue weighted by molar-refractivity contribution is -0.137. The number of anilines is 2. The van der Waals surface area contributed by atoms with E-state index in [1.807, 2.05) is 32.1 Å². The summed E-state index contributed by atoms with van der Waals surface area (Å²) >= 11 is 0. The normalized spacial score (nSPS) is 11.9. The zero-order valence-corrected chi connectivity index (χ0v) is 14.7. The van der Waals surface area contributed by atoms with Crippen LogP contribution in [0.25, 0.3) is 11.4 Å². The zero-order chi connectivity index (χ0) is 19.4. The molecule has 3 aromatic heterocycles. The maximum absolute atomic E-state index is 12.9. The molecule has 3 heterocycles. The molecule has 0 aliphatic heterocycles. The van der Waals surface area contributed by atoms with E-state index in [4.69, 9.17) is 0 Å².